The summed E-state index contributed by atoms with van der Waals surface area (Å²) in [6.07, 6.45) is 0. The van der Waals surface area contributed by atoms with Crippen molar-refractivity contribution >= 4 is 28.0 Å². The van der Waals surface area contributed by atoms with Crippen molar-refractivity contribution in [3.8, 4) is 0 Å². The molecule has 7 heteroatoms. The Kier molecular flexibility index (Phi) is 6.42. The topological polar surface area (TPSA) is 72.5 Å². The summed E-state index contributed by atoms with van der Waals surface area (Å²) >= 11 is 0.979. The molecule has 0 aromatic heterocycles. The lowest BCUT2D eigenvalue weighted by molar-refractivity contribution is -0.135. The molecule has 0 saturated carbocycles. The molecule has 128 valence electrons. The van der Waals surface area contributed by atoms with Crippen LogP contribution < -0.4 is 4.72 Å². The van der Waals surface area contributed by atoms with Crippen LogP contribution in [0, 0.1) is 6.92 Å². The average Bonchev–Trinajstić information content (AvgIpc) is 2.59. The third-order valence-electron chi connectivity index (χ3n) is 3.23. The predicted molar refractivity (Wildman–Crippen MR) is 94.9 cm³/mol. The molecular weight excluding hydrogens is 346 g/mol. The monoisotopic (exact) mass is 365 g/mol. The fraction of sp³-hybridized carbons (Fsp3) is 0.235. The average molecular weight is 365 g/mol. The van der Waals surface area contributed by atoms with Crippen LogP contribution in [0.3, 0.4) is 0 Å². The number of rotatable bonds is 7. The highest BCUT2D eigenvalue weighted by atomic mass is 32.2. The lowest BCUT2D eigenvalue weighted by Gasteiger charge is -2.17. The molecule has 2 aromatic rings. The lowest BCUT2D eigenvalue weighted by Crippen LogP contribution is -2.34. The number of hydrogen-bond donors (Lipinski definition) is 1. The van der Waals surface area contributed by atoms with Crippen molar-refractivity contribution in [2.24, 2.45) is 0 Å². The van der Waals surface area contributed by atoms with Crippen LogP contribution in [0.2, 0.25) is 0 Å². The van der Waals surface area contributed by atoms with Gasteiger partial charge in [-0.05, 0) is 24.6 Å². The molecule has 24 heavy (non-hydrogen) atoms. The largest absolute Gasteiger partial charge is 0.390 e. The Labute approximate surface area is 146 Å². The molecule has 1 atom stereocenters. The van der Waals surface area contributed by atoms with Gasteiger partial charge >= 0.3 is 5.97 Å². The van der Waals surface area contributed by atoms with Gasteiger partial charge in [-0.2, -0.15) is 4.72 Å². The summed E-state index contributed by atoms with van der Waals surface area (Å²) in [5.74, 6) is -0.0680. The quantitative estimate of drug-likeness (QED) is 0.763. The molecule has 0 bridgehead atoms. The number of sulfonamides is 1. The van der Waals surface area contributed by atoms with E-state index in [0.29, 0.717) is 11.3 Å². The first-order valence-electron chi connectivity index (χ1n) is 7.41. The van der Waals surface area contributed by atoms with Gasteiger partial charge in [0.25, 0.3) is 0 Å². The van der Waals surface area contributed by atoms with Crippen LogP contribution in [0.5, 0.6) is 0 Å². The minimum atomic E-state index is -3.85. The normalized spacial score (nSPS) is 12.6. The third kappa shape index (κ3) is 4.83. The highest BCUT2D eigenvalue weighted by molar-refractivity contribution is 7.95. The lowest BCUT2D eigenvalue weighted by atomic mass is 10.1. The van der Waals surface area contributed by atoms with Crippen LogP contribution >= 0.6 is 12.0 Å². The van der Waals surface area contributed by atoms with Crippen LogP contribution in [0.15, 0.2) is 59.5 Å². The van der Waals surface area contributed by atoms with Gasteiger partial charge in [0.2, 0.25) is 10.0 Å². The maximum atomic E-state index is 12.6. The molecule has 0 aliphatic carbocycles. The summed E-state index contributed by atoms with van der Waals surface area (Å²) in [6, 6.07) is 14.0. The van der Waals surface area contributed by atoms with Crippen molar-refractivity contribution in [2.75, 3.05) is 5.75 Å². The standard InChI is InChI=1S/C17H19NO4S2/c1-3-23-22-17(19)16(14-7-5-4-6-8-14)18-24(20,21)15-11-9-13(2)10-12-15/h4-12,16,18H,3H2,1-2H3. The molecule has 0 fully saturated rings. The molecule has 0 aliphatic rings. The van der Waals surface area contributed by atoms with E-state index >= 15 is 0 Å². The molecule has 0 saturated heterocycles. The van der Waals surface area contributed by atoms with E-state index in [2.05, 4.69) is 4.72 Å². The van der Waals surface area contributed by atoms with Gasteiger partial charge in [-0.25, -0.2) is 13.2 Å². The number of carbonyl (C=O) groups is 1. The van der Waals surface area contributed by atoms with E-state index in [-0.39, 0.29) is 4.90 Å². The second-order valence-electron chi connectivity index (χ2n) is 5.09. The molecule has 0 radical (unpaired) electrons. The van der Waals surface area contributed by atoms with Crippen LogP contribution in [0.25, 0.3) is 0 Å². The highest BCUT2D eigenvalue weighted by Crippen LogP contribution is 2.21. The van der Waals surface area contributed by atoms with E-state index in [1.54, 1.807) is 42.5 Å². The number of nitrogens with one attached hydrogen (secondary N) is 1. The fourth-order valence-electron chi connectivity index (χ4n) is 2.00. The summed E-state index contributed by atoms with van der Waals surface area (Å²) in [6.45, 7) is 3.71. The fourth-order valence-corrected chi connectivity index (χ4v) is 3.51. The van der Waals surface area contributed by atoms with Crippen molar-refractivity contribution < 1.29 is 17.4 Å². The zero-order chi connectivity index (χ0) is 17.6. The number of hydrogen-bond acceptors (Lipinski definition) is 5. The van der Waals surface area contributed by atoms with Gasteiger partial charge in [0.05, 0.1) is 16.9 Å². The van der Waals surface area contributed by atoms with Gasteiger partial charge in [-0.15, -0.1) is 0 Å². The minimum absolute atomic E-state index is 0.102. The van der Waals surface area contributed by atoms with E-state index < -0.39 is 22.0 Å². The molecule has 0 aliphatic heterocycles. The number of carbonyl (C=O) groups excluding carboxylic acids is 1. The molecule has 1 unspecified atom stereocenters. The third-order valence-corrected chi connectivity index (χ3v) is 5.19. The molecular formula is C17H19NO4S2. The van der Waals surface area contributed by atoms with Gasteiger partial charge in [0.15, 0.2) is 0 Å². The highest BCUT2D eigenvalue weighted by Gasteiger charge is 2.28. The van der Waals surface area contributed by atoms with E-state index in [0.717, 1.165) is 17.6 Å². The summed E-state index contributed by atoms with van der Waals surface area (Å²) in [7, 11) is -3.85. The summed E-state index contributed by atoms with van der Waals surface area (Å²) in [4.78, 5) is 12.4. The number of aryl methyl sites for hydroxylation is 1. The van der Waals surface area contributed by atoms with E-state index in [9.17, 15) is 13.2 Å². The first-order chi connectivity index (χ1) is 11.4. The van der Waals surface area contributed by atoms with Gasteiger partial charge in [0.1, 0.15) is 6.04 Å². The maximum absolute atomic E-state index is 12.6. The Morgan fingerprint density at radius 3 is 2.33 bits per heavy atom. The first kappa shape index (κ1) is 18.5. The Bertz CT molecular complexity index is 774. The molecule has 0 spiro atoms. The Hall–Kier alpha value is -1.83. The first-order valence-corrected chi connectivity index (χ1v) is 9.80. The molecule has 1 N–H and O–H groups in total. The van der Waals surface area contributed by atoms with Crippen LogP contribution in [0.1, 0.15) is 24.1 Å². The summed E-state index contributed by atoms with van der Waals surface area (Å²) < 4.78 is 32.7. The van der Waals surface area contributed by atoms with Gasteiger partial charge in [0, 0.05) is 5.75 Å². The van der Waals surface area contributed by atoms with Crippen molar-refractivity contribution in [1.29, 1.82) is 0 Å². The molecule has 5 nitrogen and oxygen atoms in total. The Morgan fingerprint density at radius 1 is 1.12 bits per heavy atom. The molecule has 0 heterocycles. The van der Waals surface area contributed by atoms with Crippen molar-refractivity contribution in [2.45, 2.75) is 24.8 Å². The van der Waals surface area contributed by atoms with Gasteiger partial charge in [-0.1, -0.05) is 55.0 Å². The van der Waals surface area contributed by atoms with E-state index in [1.165, 1.54) is 12.1 Å². The van der Waals surface area contributed by atoms with Crippen molar-refractivity contribution in [3.05, 3.63) is 65.7 Å². The van der Waals surface area contributed by atoms with E-state index in [4.69, 9.17) is 4.18 Å². The summed E-state index contributed by atoms with van der Waals surface area (Å²) in [5.41, 5.74) is 1.47. The summed E-state index contributed by atoms with van der Waals surface area (Å²) in [5, 5.41) is 0. The van der Waals surface area contributed by atoms with Crippen molar-refractivity contribution in [1.82, 2.24) is 4.72 Å². The second kappa shape index (κ2) is 8.32. The minimum Gasteiger partial charge on any atom is -0.390 e. The zero-order valence-corrected chi connectivity index (χ0v) is 15.1. The van der Waals surface area contributed by atoms with Crippen molar-refractivity contribution in [3.63, 3.8) is 0 Å². The molecule has 2 aromatic carbocycles. The smallest absolute Gasteiger partial charge is 0.340 e. The van der Waals surface area contributed by atoms with E-state index in [1.807, 2.05) is 13.8 Å². The van der Waals surface area contributed by atoms with Crippen LogP contribution in [0.4, 0.5) is 0 Å². The second-order valence-corrected chi connectivity index (χ2v) is 7.78. The molecule has 2 rings (SSSR count). The van der Waals surface area contributed by atoms with Gasteiger partial charge < -0.3 is 4.18 Å². The maximum Gasteiger partial charge on any atom is 0.340 e. The van der Waals surface area contributed by atoms with Gasteiger partial charge in [-0.3, -0.25) is 0 Å². The van der Waals surface area contributed by atoms with Crippen LogP contribution in [-0.2, 0) is 19.0 Å². The SMILES string of the molecule is CCSOC(=O)C(NS(=O)(=O)c1ccc(C)cc1)c1ccccc1. The number of benzene rings is 2. The molecule has 0 amide bonds. The van der Waals surface area contributed by atoms with Crippen LogP contribution in [-0.4, -0.2) is 20.1 Å². The Balaban J connectivity index is 2.30. The Morgan fingerprint density at radius 2 is 1.75 bits per heavy atom. The zero-order valence-electron chi connectivity index (χ0n) is 13.4. The predicted octanol–water partition coefficient (Wildman–Crippen LogP) is 3.23.